The average Bonchev–Trinajstić information content (AvgIpc) is 2.77. The number of rotatable bonds is 0. The molecular formula is C21H32O3. The summed E-state index contributed by atoms with van der Waals surface area (Å²) in [6.45, 7) is 6.74. The minimum absolute atomic E-state index is 0.0531. The highest BCUT2D eigenvalue weighted by atomic mass is 16.3. The van der Waals surface area contributed by atoms with E-state index in [0.29, 0.717) is 35.7 Å². The molecule has 24 heavy (non-hydrogen) atoms. The topological polar surface area (TPSA) is 57.5 Å². The lowest BCUT2D eigenvalue weighted by atomic mass is 9.44. The molecule has 0 spiro atoms. The first-order valence-electron chi connectivity index (χ1n) is 9.82. The zero-order valence-electron chi connectivity index (χ0n) is 15.3. The fourth-order valence-corrected chi connectivity index (χ4v) is 7.37. The zero-order valence-corrected chi connectivity index (χ0v) is 15.3. The Balaban J connectivity index is 1.67. The summed E-state index contributed by atoms with van der Waals surface area (Å²) in [4.78, 5) is 12.2. The van der Waals surface area contributed by atoms with Crippen LogP contribution in [0.1, 0.15) is 72.1 Å². The molecule has 0 bridgehead atoms. The minimum Gasteiger partial charge on any atom is -0.515 e. The van der Waals surface area contributed by atoms with Crippen LogP contribution in [-0.2, 0) is 4.79 Å². The van der Waals surface area contributed by atoms with Crippen LogP contribution >= 0.6 is 0 Å². The van der Waals surface area contributed by atoms with Crippen LogP contribution in [0.15, 0.2) is 11.8 Å². The van der Waals surface area contributed by atoms with Crippen LogP contribution in [-0.4, -0.2) is 21.6 Å². The maximum absolute atomic E-state index is 12.2. The van der Waals surface area contributed by atoms with Gasteiger partial charge in [0, 0.05) is 12.0 Å². The zero-order chi connectivity index (χ0) is 17.3. The Morgan fingerprint density at radius 2 is 1.75 bits per heavy atom. The summed E-state index contributed by atoms with van der Waals surface area (Å²) < 4.78 is 0. The van der Waals surface area contributed by atoms with Gasteiger partial charge in [-0.25, -0.2) is 0 Å². The summed E-state index contributed by atoms with van der Waals surface area (Å²) in [7, 11) is 0. The molecule has 4 rings (SSSR count). The van der Waals surface area contributed by atoms with Gasteiger partial charge in [0.05, 0.1) is 11.9 Å². The third kappa shape index (κ3) is 1.97. The third-order valence-corrected chi connectivity index (χ3v) is 9.14. The van der Waals surface area contributed by atoms with Crippen LogP contribution in [0.2, 0.25) is 0 Å². The first-order chi connectivity index (χ1) is 11.2. The van der Waals surface area contributed by atoms with Crippen LogP contribution in [0.5, 0.6) is 0 Å². The molecular weight excluding hydrogens is 300 g/mol. The predicted octanol–water partition coefficient (Wildman–Crippen LogP) is 4.40. The fraction of sp³-hybridized carbons (Fsp3) is 0.857. The molecule has 4 fully saturated rings. The van der Waals surface area contributed by atoms with Crippen LogP contribution in [0.3, 0.4) is 0 Å². The summed E-state index contributed by atoms with van der Waals surface area (Å²) in [6, 6.07) is 0. The monoisotopic (exact) mass is 332 g/mol. The molecule has 7 atom stereocenters. The van der Waals surface area contributed by atoms with Crippen molar-refractivity contribution >= 4 is 5.78 Å². The summed E-state index contributed by atoms with van der Waals surface area (Å²) in [5.41, 5.74) is 0.304. The quantitative estimate of drug-likeness (QED) is 0.510. The molecule has 0 aromatic carbocycles. The summed E-state index contributed by atoms with van der Waals surface area (Å²) in [5.74, 6) is 2.55. The van der Waals surface area contributed by atoms with E-state index in [0.717, 1.165) is 44.8 Å². The number of hydrogen-bond acceptors (Lipinski definition) is 3. The maximum Gasteiger partial charge on any atom is 0.162 e. The van der Waals surface area contributed by atoms with E-state index in [9.17, 15) is 15.0 Å². The largest absolute Gasteiger partial charge is 0.515 e. The summed E-state index contributed by atoms with van der Waals surface area (Å²) in [6.07, 6.45) is 9.11. The van der Waals surface area contributed by atoms with Crippen LogP contribution in [0, 0.1) is 34.5 Å². The smallest absolute Gasteiger partial charge is 0.162 e. The van der Waals surface area contributed by atoms with Gasteiger partial charge < -0.3 is 10.2 Å². The molecule has 0 unspecified atom stereocenters. The van der Waals surface area contributed by atoms with Crippen molar-refractivity contribution in [1.82, 2.24) is 0 Å². The molecule has 3 nitrogen and oxygen atoms in total. The van der Waals surface area contributed by atoms with E-state index in [-0.39, 0.29) is 16.6 Å². The number of aliphatic hydroxyl groups is 2. The number of fused-ring (bicyclic) bond motifs is 5. The molecule has 0 aromatic rings. The first kappa shape index (κ1) is 16.6. The van der Waals surface area contributed by atoms with Crippen LogP contribution in [0.4, 0.5) is 0 Å². The van der Waals surface area contributed by atoms with Gasteiger partial charge >= 0.3 is 0 Å². The van der Waals surface area contributed by atoms with Gasteiger partial charge in [0.1, 0.15) is 0 Å². The first-order valence-corrected chi connectivity index (χ1v) is 9.82. The number of carbonyl (C=O) groups excluding carboxylic acids is 1. The Bertz CT molecular complexity index is 592. The fourth-order valence-electron chi connectivity index (χ4n) is 7.37. The number of allylic oxidation sites excluding steroid dienone is 1. The highest BCUT2D eigenvalue weighted by Gasteiger charge is 2.63. The second-order valence-corrected chi connectivity index (χ2v) is 9.88. The molecule has 2 N–H and O–H groups in total. The molecule has 0 aromatic heterocycles. The molecule has 134 valence electrons. The van der Waals surface area contributed by atoms with Crippen molar-refractivity contribution < 1.29 is 15.0 Å². The third-order valence-electron chi connectivity index (χ3n) is 9.14. The standard InChI is InChI=1S/C21H32O3/c1-19-11-13(12-22)18(23)10-14(19)4-5-15-16(19)6-8-20(2)17(15)7-9-21(20,3)24/h12,14-17,22,24H,4-11H2,1-3H3/b13-12+/t14-,15+,16-,17-,19-,20-,21-/m1/s1. The number of hydrogen-bond donors (Lipinski definition) is 2. The Morgan fingerprint density at radius 3 is 2.46 bits per heavy atom. The van der Waals surface area contributed by atoms with Crippen molar-refractivity contribution in [2.24, 2.45) is 34.5 Å². The van der Waals surface area contributed by atoms with Crippen molar-refractivity contribution in [2.75, 3.05) is 0 Å². The van der Waals surface area contributed by atoms with E-state index in [1.54, 1.807) is 0 Å². The van der Waals surface area contributed by atoms with Crippen molar-refractivity contribution in [1.29, 1.82) is 0 Å². The summed E-state index contributed by atoms with van der Waals surface area (Å²) in [5, 5.41) is 20.5. The number of ketones is 1. The van der Waals surface area contributed by atoms with E-state index >= 15 is 0 Å². The highest BCUT2D eigenvalue weighted by molar-refractivity contribution is 5.96. The second kappa shape index (κ2) is 5.09. The van der Waals surface area contributed by atoms with Gasteiger partial charge in [0.2, 0.25) is 0 Å². The van der Waals surface area contributed by atoms with Gasteiger partial charge in [-0.15, -0.1) is 0 Å². The van der Waals surface area contributed by atoms with E-state index in [1.807, 2.05) is 6.92 Å². The van der Waals surface area contributed by atoms with Crippen molar-refractivity contribution in [2.45, 2.75) is 77.7 Å². The Kier molecular flexibility index (Phi) is 3.53. The SMILES string of the molecule is C[C@@]12C/C(=C\O)C(=O)C[C@H]1CC[C@H]1[C@H]2CC[C@]2(C)[C@@H]1CC[C@@]2(C)O. The normalized spacial score (nSPS) is 55.8. The molecule has 0 aliphatic heterocycles. The van der Waals surface area contributed by atoms with E-state index in [1.165, 1.54) is 6.42 Å². The number of aliphatic hydroxyl groups excluding tert-OH is 1. The minimum atomic E-state index is -0.529. The van der Waals surface area contributed by atoms with Gasteiger partial charge in [0.15, 0.2) is 5.78 Å². The van der Waals surface area contributed by atoms with Gasteiger partial charge in [-0.2, -0.15) is 0 Å². The predicted molar refractivity (Wildman–Crippen MR) is 93.5 cm³/mol. The molecule has 4 aliphatic carbocycles. The van der Waals surface area contributed by atoms with Crippen LogP contribution < -0.4 is 0 Å². The van der Waals surface area contributed by atoms with Crippen molar-refractivity contribution in [3.8, 4) is 0 Å². The Morgan fingerprint density at radius 1 is 1.04 bits per heavy atom. The molecule has 4 saturated carbocycles. The number of carbonyl (C=O) groups is 1. The highest BCUT2D eigenvalue weighted by Crippen LogP contribution is 2.68. The van der Waals surface area contributed by atoms with Crippen LogP contribution in [0.25, 0.3) is 0 Å². The lowest BCUT2D eigenvalue weighted by Crippen LogP contribution is -2.56. The molecule has 4 aliphatic rings. The molecule has 0 heterocycles. The molecule has 3 heteroatoms. The molecule has 0 radical (unpaired) electrons. The number of Topliss-reactive ketones (excluding diaryl/α,β-unsaturated/α-hetero) is 1. The lowest BCUT2D eigenvalue weighted by Gasteiger charge is -2.61. The molecule has 0 saturated heterocycles. The van der Waals surface area contributed by atoms with Gasteiger partial charge in [0.25, 0.3) is 0 Å². The molecule has 0 amide bonds. The van der Waals surface area contributed by atoms with Crippen molar-refractivity contribution in [3.63, 3.8) is 0 Å². The average molecular weight is 332 g/mol. The lowest BCUT2D eigenvalue weighted by molar-refractivity contribution is -0.147. The van der Waals surface area contributed by atoms with Gasteiger partial charge in [-0.1, -0.05) is 13.8 Å². The van der Waals surface area contributed by atoms with E-state index in [4.69, 9.17) is 0 Å². The van der Waals surface area contributed by atoms with Gasteiger partial charge in [-0.3, -0.25) is 4.79 Å². The van der Waals surface area contributed by atoms with Gasteiger partial charge in [-0.05, 0) is 86.4 Å². The Hall–Kier alpha value is -0.830. The Labute approximate surface area is 145 Å². The maximum atomic E-state index is 12.2. The van der Waals surface area contributed by atoms with E-state index < -0.39 is 5.60 Å². The summed E-state index contributed by atoms with van der Waals surface area (Å²) >= 11 is 0. The van der Waals surface area contributed by atoms with E-state index in [2.05, 4.69) is 13.8 Å². The van der Waals surface area contributed by atoms with Crippen molar-refractivity contribution in [3.05, 3.63) is 11.8 Å². The second-order valence-electron chi connectivity index (χ2n) is 9.88.